The maximum absolute atomic E-state index is 13.5. The molecule has 1 aliphatic heterocycles. The van der Waals surface area contributed by atoms with Gasteiger partial charge in [0.25, 0.3) is 5.91 Å². The summed E-state index contributed by atoms with van der Waals surface area (Å²) in [5, 5.41) is 12.7. The molecule has 2 rings (SSSR count). The molecule has 1 aromatic carbocycles. The lowest BCUT2D eigenvalue weighted by Gasteiger charge is -2.17. The number of nitrogens with zero attached hydrogens (tertiary/aromatic N) is 1. The van der Waals surface area contributed by atoms with Crippen LogP contribution in [0.15, 0.2) is 40.6 Å². The average Bonchev–Trinajstić information content (AvgIpc) is 2.57. The first-order valence-electron chi connectivity index (χ1n) is 6.34. The second-order valence-corrected chi connectivity index (χ2v) is 5.30. The fourth-order valence-electron chi connectivity index (χ4n) is 2.07. The van der Waals surface area contributed by atoms with Crippen LogP contribution in [0.3, 0.4) is 0 Å². The van der Waals surface area contributed by atoms with Gasteiger partial charge < -0.3 is 10.4 Å². The molecule has 20 heavy (non-hydrogen) atoms. The monoisotopic (exact) mass is 276 g/mol. The Labute approximate surface area is 117 Å². The number of hydrogen-bond acceptors (Lipinski definition) is 3. The summed E-state index contributed by atoms with van der Waals surface area (Å²) in [5.41, 5.74) is 0.228. The van der Waals surface area contributed by atoms with E-state index in [0.717, 1.165) is 0 Å². The third-order valence-electron chi connectivity index (χ3n) is 3.29. The molecule has 5 heteroatoms. The van der Waals surface area contributed by atoms with Crippen molar-refractivity contribution in [2.75, 3.05) is 0 Å². The molecule has 1 aliphatic rings. The third kappa shape index (κ3) is 2.57. The Kier molecular flexibility index (Phi) is 3.61. The van der Waals surface area contributed by atoms with E-state index in [-0.39, 0.29) is 29.6 Å². The number of carbonyl (C=O) groups excluding carboxylic acids is 1. The Morgan fingerprint density at radius 1 is 1.40 bits per heavy atom. The highest BCUT2D eigenvalue weighted by molar-refractivity contribution is 6.23. The minimum absolute atomic E-state index is 0.0303. The maximum atomic E-state index is 13.5. The van der Waals surface area contributed by atoms with Crippen molar-refractivity contribution in [1.29, 1.82) is 0 Å². The second-order valence-electron chi connectivity index (χ2n) is 5.30. The Morgan fingerprint density at radius 3 is 2.60 bits per heavy atom. The van der Waals surface area contributed by atoms with Crippen LogP contribution in [0.1, 0.15) is 26.3 Å². The van der Waals surface area contributed by atoms with Crippen molar-refractivity contribution in [2.24, 2.45) is 4.99 Å². The van der Waals surface area contributed by atoms with Gasteiger partial charge in [-0.05, 0) is 26.8 Å². The highest BCUT2D eigenvalue weighted by atomic mass is 19.1. The molecule has 0 radical (unpaired) electrons. The molecule has 0 atom stereocenters. The normalized spacial score (nSPS) is 18.4. The van der Waals surface area contributed by atoms with E-state index in [2.05, 4.69) is 10.3 Å². The Bertz CT molecular complexity index is 618. The van der Waals surface area contributed by atoms with Crippen molar-refractivity contribution in [1.82, 2.24) is 5.32 Å². The van der Waals surface area contributed by atoms with Crippen molar-refractivity contribution in [3.63, 3.8) is 0 Å². The molecule has 1 aromatic rings. The Morgan fingerprint density at radius 2 is 2.05 bits per heavy atom. The number of amides is 1. The van der Waals surface area contributed by atoms with E-state index in [1.165, 1.54) is 6.07 Å². The zero-order valence-corrected chi connectivity index (χ0v) is 11.7. The number of benzene rings is 1. The largest absolute Gasteiger partial charge is 0.509 e. The summed E-state index contributed by atoms with van der Waals surface area (Å²) < 4.78 is 13.5. The summed E-state index contributed by atoms with van der Waals surface area (Å²) >= 11 is 0. The van der Waals surface area contributed by atoms with Crippen molar-refractivity contribution < 1.29 is 14.3 Å². The molecule has 4 nitrogen and oxygen atoms in total. The lowest BCUT2D eigenvalue weighted by molar-refractivity contribution is -0.117. The van der Waals surface area contributed by atoms with Crippen LogP contribution in [0.4, 0.5) is 4.39 Å². The van der Waals surface area contributed by atoms with E-state index in [4.69, 9.17) is 0 Å². The summed E-state index contributed by atoms with van der Waals surface area (Å²) in [4.78, 5) is 16.0. The van der Waals surface area contributed by atoms with Gasteiger partial charge in [-0.15, -0.1) is 0 Å². The van der Waals surface area contributed by atoms with Gasteiger partial charge in [0.05, 0.1) is 17.7 Å². The fraction of sp³-hybridized carbons (Fsp3) is 0.333. The van der Waals surface area contributed by atoms with Crippen molar-refractivity contribution >= 4 is 11.6 Å². The summed E-state index contributed by atoms with van der Waals surface area (Å²) in [5.74, 6) is -0.724. The molecule has 0 unspecified atom stereocenters. The molecule has 0 spiro atoms. The number of hydrogen-bond donors (Lipinski definition) is 2. The number of carbonyl (C=O) groups is 1. The van der Waals surface area contributed by atoms with Gasteiger partial charge in [0.2, 0.25) is 0 Å². The van der Waals surface area contributed by atoms with Gasteiger partial charge >= 0.3 is 0 Å². The van der Waals surface area contributed by atoms with Crippen LogP contribution in [0, 0.1) is 5.82 Å². The minimum atomic E-state index is -0.790. The van der Waals surface area contributed by atoms with Crippen molar-refractivity contribution in [2.45, 2.75) is 32.9 Å². The van der Waals surface area contributed by atoms with Crippen LogP contribution in [-0.2, 0) is 11.3 Å². The number of aliphatic imine (C=N–C) groups is 1. The first-order valence-corrected chi connectivity index (χ1v) is 6.34. The average molecular weight is 276 g/mol. The molecule has 0 saturated carbocycles. The summed E-state index contributed by atoms with van der Waals surface area (Å²) in [6.45, 7) is 5.17. The lowest BCUT2D eigenvalue weighted by atomic mass is 10.0. The Hall–Kier alpha value is -2.17. The smallest absolute Gasteiger partial charge is 0.257 e. The molecule has 106 valence electrons. The number of halogens is 1. The standard InChI is InChI=1S/C15H17FN2O2/c1-9(12-13(19)15(2,3)18-14(12)20)17-8-10-6-4-5-7-11(10)16/h4-7,19H,8H2,1-3H3,(H,18,20). The summed E-state index contributed by atoms with van der Waals surface area (Å²) in [6, 6.07) is 6.34. The first kappa shape index (κ1) is 14.2. The van der Waals surface area contributed by atoms with Gasteiger partial charge in [0, 0.05) is 11.3 Å². The van der Waals surface area contributed by atoms with Crippen LogP contribution in [0.5, 0.6) is 0 Å². The van der Waals surface area contributed by atoms with E-state index in [1.54, 1.807) is 39.0 Å². The van der Waals surface area contributed by atoms with Gasteiger partial charge in [-0.3, -0.25) is 9.79 Å². The molecule has 2 N–H and O–H groups in total. The predicted octanol–water partition coefficient (Wildman–Crippen LogP) is 2.51. The number of rotatable bonds is 3. The number of nitrogens with one attached hydrogen (secondary N) is 1. The highest BCUT2D eigenvalue weighted by Gasteiger charge is 2.38. The SMILES string of the molecule is CC(=NCc1ccccc1F)C1=C(O)C(C)(C)NC1=O. The molecule has 0 saturated heterocycles. The Balaban J connectivity index is 2.26. The van der Waals surface area contributed by atoms with E-state index in [1.807, 2.05) is 0 Å². The van der Waals surface area contributed by atoms with Crippen molar-refractivity contribution in [3.8, 4) is 0 Å². The molecular formula is C15H17FN2O2. The molecule has 0 fully saturated rings. The molecule has 1 heterocycles. The van der Waals surface area contributed by atoms with Crippen LogP contribution >= 0.6 is 0 Å². The van der Waals surface area contributed by atoms with Crippen LogP contribution in [0.2, 0.25) is 0 Å². The molecule has 1 amide bonds. The zero-order chi connectivity index (χ0) is 14.9. The quantitative estimate of drug-likeness (QED) is 0.833. The zero-order valence-electron chi connectivity index (χ0n) is 11.7. The second kappa shape index (κ2) is 5.07. The van der Waals surface area contributed by atoms with Crippen molar-refractivity contribution in [3.05, 3.63) is 47.0 Å². The van der Waals surface area contributed by atoms with E-state index >= 15 is 0 Å². The summed E-state index contributed by atoms with van der Waals surface area (Å²) in [6.07, 6.45) is 0. The molecule has 0 bridgehead atoms. The van der Waals surface area contributed by atoms with E-state index in [0.29, 0.717) is 11.3 Å². The highest BCUT2D eigenvalue weighted by Crippen LogP contribution is 2.25. The molecular weight excluding hydrogens is 259 g/mol. The molecule has 0 aliphatic carbocycles. The lowest BCUT2D eigenvalue weighted by Crippen LogP contribution is -2.38. The number of aliphatic hydroxyl groups is 1. The topological polar surface area (TPSA) is 61.7 Å². The van der Waals surface area contributed by atoms with E-state index < -0.39 is 5.54 Å². The first-order chi connectivity index (χ1) is 9.33. The minimum Gasteiger partial charge on any atom is -0.509 e. The molecule has 0 aromatic heterocycles. The predicted molar refractivity (Wildman–Crippen MR) is 75.1 cm³/mol. The van der Waals surface area contributed by atoms with Gasteiger partial charge in [-0.1, -0.05) is 18.2 Å². The van der Waals surface area contributed by atoms with Gasteiger partial charge in [0.1, 0.15) is 11.6 Å². The number of aliphatic hydroxyl groups excluding tert-OH is 1. The van der Waals surface area contributed by atoms with Crippen LogP contribution in [-0.4, -0.2) is 22.3 Å². The van der Waals surface area contributed by atoms with Gasteiger partial charge in [0.15, 0.2) is 0 Å². The van der Waals surface area contributed by atoms with Crippen LogP contribution in [0.25, 0.3) is 0 Å². The fourth-order valence-corrected chi connectivity index (χ4v) is 2.07. The summed E-state index contributed by atoms with van der Waals surface area (Å²) in [7, 11) is 0. The van der Waals surface area contributed by atoms with Gasteiger partial charge in [-0.25, -0.2) is 4.39 Å². The maximum Gasteiger partial charge on any atom is 0.257 e. The van der Waals surface area contributed by atoms with Crippen LogP contribution < -0.4 is 5.32 Å². The third-order valence-corrected chi connectivity index (χ3v) is 3.29. The van der Waals surface area contributed by atoms with Gasteiger partial charge in [-0.2, -0.15) is 0 Å². The van der Waals surface area contributed by atoms with E-state index in [9.17, 15) is 14.3 Å².